The summed E-state index contributed by atoms with van der Waals surface area (Å²) >= 11 is 5.12. The third-order valence-electron chi connectivity index (χ3n) is 6.20. The molecule has 1 aromatic carbocycles. The maximum atomic E-state index is 12.6. The number of nitrogens with two attached hydrogens (primary N) is 1. The summed E-state index contributed by atoms with van der Waals surface area (Å²) < 4.78 is 19.3. The molecule has 1 amide bonds. The molecule has 0 aliphatic carbocycles. The summed E-state index contributed by atoms with van der Waals surface area (Å²) in [5, 5.41) is 0.749. The zero-order valence-electron chi connectivity index (χ0n) is 19.9. The minimum absolute atomic E-state index is 0.124. The second-order valence-corrected chi connectivity index (χ2v) is 10.6. The molecule has 2 N–H and O–H groups in total. The van der Waals surface area contributed by atoms with Gasteiger partial charge in [0, 0.05) is 28.5 Å². The molecule has 4 heterocycles. The van der Waals surface area contributed by atoms with E-state index in [9.17, 15) is 4.79 Å². The highest BCUT2D eigenvalue weighted by molar-refractivity contribution is 9.10. The molecule has 0 bridgehead atoms. The van der Waals surface area contributed by atoms with Gasteiger partial charge in [0.15, 0.2) is 33.6 Å². The van der Waals surface area contributed by atoms with E-state index in [-0.39, 0.29) is 18.9 Å². The Labute approximate surface area is 221 Å². The Balaban J connectivity index is 1.36. The lowest BCUT2D eigenvalue weighted by Crippen LogP contribution is -2.43. The zero-order valence-corrected chi connectivity index (χ0v) is 22.3. The minimum atomic E-state index is -0.315. The maximum absolute atomic E-state index is 12.6. The fraction of sp³-hybridized carbons (Fsp3) is 0.417. The number of piperidine rings is 1. The number of carbonyl (C=O) groups excluding carboxylic acids is 1. The Morgan fingerprint density at radius 2 is 2.11 bits per heavy atom. The lowest BCUT2D eigenvalue weighted by molar-refractivity contribution is 0.0901. The number of anilines is 1. The third kappa shape index (κ3) is 5.10. The van der Waals surface area contributed by atoms with E-state index in [1.807, 2.05) is 17.0 Å². The van der Waals surface area contributed by atoms with E-state index >= 15 is 0 Å². The van der Waals surface area contributed by atoms with Crippen LogP contribution >= 0.6 is 27.7 Å². The average Bonchev–Trinajstić information content (AvgIpc) is 3.44. The monoisotopic (exact) mass is 574 g/mol. The number of nitrogens with zero attached hydrogens (tertiary/aromatic N) is 5. The Bertz CT molecular complexity index is 1320. The van der Waals surface area contributed by atoms with Crippen molar-refractivity contribution >= 4 is 50.8 Å². The summed E-state index contributed by atoms with van der Waals surface area (Å²) in [6.45, 7) is 6.95. The van der Waals surface area contributed by atoms with Crippen molar-refractivity contribution < 1.29 is 19.0 Å². The normalized spacial score (nSPS) is 16.9. The van der Waals surface area contributed by atoms with Crippen LogP contribution in [0.2, 0.25) is 0 Å². The summed E-state index contributed by atoms with van der Waals surface area (Å²) in [4.78, 5) is 28.7. The summed E-state index contributed by atoms with van der Waals surface area (Å²) in [6, 6.07) is 3.95. The van der Waals surface area contributed by atoms with Gasteiger partial charge < -0.3 is 29.4 Å². The minimum Gasteiger partial charge on any atom is -0.454 e. The van der Waals surface area contributed by atoms with Crippen molar-refractivity contribution in [1.82, 2.24) is 24.4 Å². The smallest absolute Gasteiger partial charge is 0.415 e. The molecule has 10 nitrogen and oxygen atoms in total. The van der Waals surface area contributed by atoms with Crippen LogP contribution in [0.1, 0.15) is 39.0 Å². The Morgan fingerprint density at radius 3 is 2.92 bits per heavy atom. The SMILES string of the molecule is C=C(C)OC(=O)N1CCCCC1CCCn1c(Sc2cc3c(cc2Br)OCO3)nc2c(N)ncnc21. The summed E-state index contributed by atoms with van der Waals surface area (Å²) in [6.07, 6.45) is 5.84. The molecule has 0 saturated carbocycles. The fourth-order valence-corrected chi connectivity index (χ4v) is 6.03. The number of ether oxygens (including phenoxy) is 3. The van der Waals surface area contributed by atoms with Crippen LogP contribution in [0.3, 0.4) is 0 Å². The van der Waals surface area contributed by atoms with E-state index < -0.39 is 0 Å². The van der Waals surface area contributed by atoms with E-state index in [2.05, 4.69) is 37.0 Å². The first kappa shape index (κ1) is 24.7. The standard InChI is InChI=1S/C24H27BrN6O4S/c1-14(2)35-24(32)30-8-4-3-6-15(30)7-5-9-31-22-20(21(26)27-12-28-22)29-23(31)36-19-11-18-17(10-16(19)25)33-13-34-18/h10-12,15H,1,3-9,13H2,2H3,(H2,26,27,28). The predicted molar refractivity (Wildman–Crippen MR) is 139 cm³/mol. The lowest BCUT2D eigenvalue weighted by Gasteiger charge is -2.35. The fourth-order valence-electron chi connectivity index (χ4n) is 4.52. The molecule has 0 spiro atoms. The van der Waals surface area contributed by atoms with Gasteiger partial charge in [-0.1, -0.05) is 18.3 Å². The Morgan fingerprint density at radius 1 is 1.31 bits per heavy atom. The predicted octanol–water partition coefficient (Wildman–Crippen LogP) is 5.36. The number of hydrogen-bond donors (Lipinski definition) is 1. The number of allylic oxidation sites excluding steroid dienone is 1. The number of aromatic nitrogens is 4. The number of amides is 1. The van der Waals surface area contributed by atoms with Crippen molar-refractivity contribution in [3.05, 3.63) is 35.3 Å². The first-order chi connectivity index (χ1) is 17.4. The molecule has 190 valence electrons. The van der Waals surface area contributed by atoms with Crippen LogP contribution in [0.4, 0.5) is 10.6 Å². The summed E-state index contributed by atoms with van der Waals surface area (Å²) in [5.41, 5.74) is 7.38. The quantitative estimate of drug-likeness (QED) is 0.372. The van der Waals surface area contributed by atoms with Crippen LogP contribution in [-0.4, -0.2) is 49.9 Å². The molecule has 1 atom stereocenters. The highest BCUT2D eigenvalue weighted by atomic mass is 79.9. The molecular weight excluding hydrogens is 548 g/mol. The van der Waals surface area contributed by atoms with Gasteiger partial charge in [0.1, 0.15) is 6.33 Å². The molecule has 3 aromatic rings. The third-order valence-corrected chi connectivity index (χ3v) is 8.17. The van der Waals surface area contributed by atoms with Gasteiger partial charge in [-0.05, 0) is 67.1 Å². The van der Waals surface area contributed by atoms with Gasteiger partial charge in [-0.3, -0.25) is 0 Å². The van der Waals surface area contributed by atoms with Crippen LogP contribution in [0.25, 0.3) is 11.2 Å². The van der Waals surface area contributed by atoms with E-state index in [1.54, 1.807) is 6.92 Å². The highest BCUT2D eigenvalue weighted by Crippen LogP contribution is 2.43. The number of nitrogen functional groups attached to an aromatic ring is 1. The number of aryl methyl sites for hydroxylation is 1. The number of likely N-dealkylation sites (tertiary alicyclic amines) is 1. The molecule has 0 radical (unpaired) electrons. The van der Waals surface area contributed by atoms with Gasteiger partial charge in [-0.25, -0.2) is 19.7 Å². The number of carbonyl (C=O) groups is 1. The van der Waals surface area contributed by atoms with Gasteiger partial charge in [0.05, 0.1) is 5.76 Å². The number of hydrogen-bond acceptors (Lipinski definition) is 9. The number of imidazole rings is 1. The largest absolute Gasteiger partial charge is 0.454 e. The number of fused-ring (bicyclic) bond motifs is 2. The number of rotatable bonds is 7. The van der Waals surface area contributed by atoms with Gasteiger partial charge in [-0.2, -0.15) is 0 Å². The lowest BCUT2D eigenvalue weighted by atomic mass is 9.98. The van der Waals surface area contributed by atoms with Gasteiger partial charge >= 0.3 is 6.09 Å². The van der Waals surface area contributed by atoms with E-state index in [4.69, 9.17) is 24.9 Å². The van der Waals surface area contributed by atoms with Gasteiger partial charge in [0.2, 0.25) is 6.79 Å². The molecule has 2 aliphatic rings. The summed E-state index contributed by atoms with van der Waals surface area (Å²) in [5.74, 6) is 2.15. The highest BCUT2D eigenvalue weighted by Gasteiger charge is 2.28. The molecule has 5 rings (SSSR count). The van der Waals surface area contributed by atoms with E-state index in [1.165, 1.54) is 18.1 Å². The number of halogens is 1. The van der Waals surface area contributed by atoms with Crippen molar-refractivity contribution in [3.8, 4) is 11.5 Å². The second kappa shape index (κ2) is 10.6. The van der Waals surface area contributed by atoms with Crippen molar-refractivity contribution in [2.45, 2.75) is 61.7 Å². The van der Waals surface area contributed by atoms with Gasteiger partial charge in [-0.15, -0.1) is 0 Å². The molecule has 2 aromatic heterocycles. The average molecular weight is 575 g/mol. The molecule has 1 fully saturated rings. The first-order valence-corrected chi connectivity index (χ1v) is 13.4. The van der Waals surface area contributed by atoms with Crippen LogP contribution in [0, 0.1) is 0 Å². The molecule has 2 aliphatic heterocycles. The molecule has 36 heavy (non-hydrogen) atoms. The van der Waals surface area contributed by atoms with Crippen molar-refractivity contribution in [1.29, 1.82) is 0 Å². The molecule has 1 unspecified atom stereocenters. The number of benzene rings is 1. The molecule has 12 heteroatoms. The topological polar surface area (TPSA) is 118 Å². The van der Waals surface area contributed by atoms with Crippen LogP contribution < -0.4 is 15.2 Å². The van der Waals surface area contributed by atoms with Crippen LogP contribution in [0.5, 0.6) is 11.5 Å². The Kier molecular flexibility index (Phi) is 7.24. The molecular formula is C24H27BrN6O4S. The van der Waals surface area contributed by atoms with Crippen molar-refractivity contribution in [2.24, 2.45) is 0 Å². The first-order valence-electron chi connectivity index (χ1n) is 11.8. The maximum Gasteiger partial charge on any atom is 0.415 e. The van der Waals surface area contributed by atoms with E-state index in [0.717, 1.165) is 46.6 Å². The van der Waals surface area contributed by atoms with Crippen LogP contribution in [-0.2, 0) is 11.3 Å². The van der Waals surface area contributed by atoms with Crippen LogP contribution in [0.15, 0.2) is 45.3 Å². The van der Waals surface area contributed by atoms with E-state index in [0.29, 0.717) is 47.3 Å². The van der Waals surface area contributed by atoms with Crippen molar-refractivity contribution in [3.63, 3.8) is 0 Å². The second-order valence-electron chi connectivity index (χ2n) is 8.77. The molecule has 1 saturated heterocycles. The Hall–Kier alpha value is -2.99. The zero-order chi connectivity index (χ0) is 25.2. The van der Waals surface area contributed by atoms with Crippen molar-refractivity contribution in [2.75, 3.05) is 19.1 Å². The van der Waals surface area contributed by atoms with Gasteiger partial charge in [0.25, 0.3) is 0 Å². The summed E-state index contributed by atoms with van der Waals surface area (Å²) in [7, 11) is 0.